The summed E-state index contributed by atoms with van der Waals surface area (Å²) < 4.78 is 0. The van der Waals surface area contributed by atoms with Crippen molar-refractivity contribution in [1.29, 1.82) is 0 Å². The molecule has 1 aliphatic heterocycles. The van der Waals surface area contributed by atoms with Crippen LogP contribution in [0.5, 0.6) is 0 Å². The Morgan fingerprint density at radius 3 is 2.85 bits per heavy atom. The van der Waals surface area contributed by atoms with Gasteiger partial charge in [0.1, 0.15) is 0 Å². The molecule has 0 spiro atoms. The number of hydrogen-bond donors (Lipinski definition) is 2. The van der Waals surface area contributed by atoms with Crippen LogP contribution in [0, 0.1) is 0 Å². The minimum absolute atomic E-state index is 0.107. The first kappa shape index (κ1) is 14.4. The van der Waals surface area contributed by atoms with Gasteiger partial charge in [-0.3, -0.25) is 4.90 Å². The average molecular weight is 276 g/mol. The number of urea groups is 1. The molecule has 1 heterocycles. The summed E-state index contributed by atoms with van der Waals surface area (Å²) in [6.07, 6.45) is 2.34. The van der Waals surface area contributed by atoms with Gasteiger partial charge in [-0.15, -0.1) is 0 Å². The third-order valence-electron chi connectivity index (χ3n) is 3.71. The Kier molecular flexibility index (Phi) is 4.27. The van der Waals surface area contributed by atoms with Crippen LogP contribution in [-0.4, -0.2) is 29.7 Å². The van der Waals surface area contributed by atoms with Gasteiger partial charge in [-0.2, -0.15) is 0 Å². The van der Waals surface area contributed by atoms with E-state index in [1.165, 1.54) is 0 Å². The lowest BCUT2D eigenvalue weighted by molar-refractivity contribution is 0.0695. The summed E-state index contributed by atoms with van der Waals surface area (Å²) in [5.74, 6) is -0.939. The number of rotatable bonds is 3. The van der Waals surface area contributed by atoms with Crippen molar-refractivity contribution in [3.63, 3.8) is 0 Å². The number of fused-ring (bicyclic) bond motifs is 1. The molecule has 0 aromatic heterocycles. The molecule has 1 aromatic rings. The molecule has 0 bridgehead atoms. The summed E-state index contributed by atoms with van der Waals surface area (Å²) in [5.41, 5.74) is 1.77. The summed E-state index contributed by atoms with van der Waals surface area (Å²) in [7, 11) is 0. The third-order valence-corrected chi connectivity index (χ3v) is 3.71. The fourth-order valence-electron chi connectivity index (χ4n) is 2.43. The van der Waals surface area contributed by atoms with Gasteiger partial charge in [0, 0.05) is 18.3 Å². The SMILES string of the molecule is CCC(C)NC(=O)N1CCCc2c(C(=O)O)cccc21. The van der Waals surface area contributed by atoms with Crippen molar-refractivity contribution in [3.8, 4) is 0 Å². The Labute approximate surface area is 118 Å². The highest BCUT2D eigenvalue weighted by atomic mass is 16.4. The number of benzene rings is 1. The molecule has 0 fully saturated rings. The molecule has 0 saturated carbocycles. The first-order valence-electron chi connectivity index (χ1n) is 6.97. The van der Waals surface area contributed by atoms with E-state index in [1.807, 2.05) is 19.9 Å². The number of carbonyl (C=O) groups is 2. The smallest absolute Gasteiger partial charge is 0.336 e. The van der Waals surface area contributed by atoms with E-state index >= 15 is 0 Å². The predicted octanol–water partition coefficient (Wildman–Crippen LogP) is 2.65. The summed E-state index contributed by atoms with van der Waals surface area (Å²) >= 11 is 0. The van der Waals surface area contributed by atoms with Crippen molar-refractivity contribution in [1.82, 2.24) is 5.32 Å². The topological polar surface area (TPSA) is 69.6 Å². The molecule has 1 unspecified atom stereocenters. The third kappa shape index (κ3) is 2.76. The molecule has 1 aromatic carbocycles. The van der Waals surface area contributed by atoms with Crippen molar-refractivity contribution < 1.29 is 14.7 Å². The second-order valence-corrected chi connectivity index (χ2v) is 5.12. The van der Waals surface area contributed by atoms with Crippen LogP contribution < -0.4 is 10.2 Å². The highest BCUT2D eigenvalue weighted by molar-refractivity contribution is 5.97. The van der Waals surface area contributed by atoms with Crippen molar-refractivity contribution >= 4 is 17.7 Å². The number of anilines is 1. The second-order valence-electron chi connectivity index (χ2n) is 5.12. The quantitative estimate of drug-likeness (QED) is 0.891. The molecule has 2 N–H and O–H groups in total. The number of nitrogens with zero attached hydrogens (tertiary/aromatic N) is 1. The minimum Gasteiger partial charge on any atom is -0.478 e. The summed E-state index contributed by atoms with van der Waals surface area (Å²) in [5, 5.41) is 12.2. The van der Waals surface area contributed by atoms with E-state index in [9.17, 15) is 14.7 Å². The number of hydrogen-bond acceptors (Lipinski definition) is 2. The zero-order valence-electron chi connectivity index (χ0n) is 11.8. The van der Waals surface area contributed by atoms with Gasteiger partial charge in [-0.05, 0) is 43.9 Å². The highest BCUT2D eigenvalue weighted by Gasteiger charge is 2.26. The van der Waals surface area contributed by atoms with E-state index in [-0.39, 0.29) is 12.1 Å². The van der Waals surface area contributed by atoms with E-state index in [2.05, 4.69) is 5.32 Å². The summed E-state index contributed by atoms with van der Waals surface area (Å²) in [4.78, 5) is 25.2. The van der Waals surface area contributed by atoms with Crippen LogP contribution in [0.25, 0.3) is 0 Å². The molecule has 0 aliphatic carbocycles. The maximum absolute atomic E-state index is 12.3. The van der Waals surface area contributed by atoms with Crippen molar-refractivity contribution in [2.75, 3.05) is 11.4 Å². The average Bonchev–Trinajstić information content (AvgIpc) is 2.45. The molecule has 1 atom stereocenters. The molecule has 20 heavy (non-hydrogen) atoms. The minimum atomic E-state index is -0.939. The van der Waals surface area contributed by atoms with Gasteiger partial charge in [0.2, 0.25) is 0 Å². The predicted molar refractivity (Wildman–Crippen MR) is 77.4 cm³/mol. The molecule has 0 saturated heterocycles. The van der Waals surface area contributed by atoms with Gasteiger partial charge >= 0.3 is 12.0 Å². The van der Waals surface area contributed by atoms with Gasteiger partial charge in [0.25, 0.3) is 0 Å². The zero-order valence-corrected chi connectivity index (χ0v) is 11.8. The van der Waals surface area contributed by atoms with Crippen LogP contribution >= 0.6 is 0 Å². The normalized spacial score (nSPS) is 15.4. The number of aromatic carboxylic acids is 1. The molecule has 0 radical (unpaired) electrons. The largest absolute Gasteiger partial charge is 0.478 e. The fourth-order valence-corrected chi connectivity index (χ4v) is 2.43. The number of amides is 2. The van der Waals surface area contributed by atoms with Crippen LogP contribution in [0.15, 0.2) is 18.2 Å². The zero-order chi connectivity index (χ0) is 14.7. The monoisotopic (exact) mass is 276 g/mol. The summed E-state index contributed by atoms with van der Waals surface area (Å²) in [6, 6.07) is 5.06. The molecule has 1 aliphatic rings. The maximum Gasteiger partial charge on any atom is 0.336 e. The summed E-state index contributed by atoms with van der Waals surface area (Å²) in [6.45, 7) is 4.59. The lowest BCUT2D eigenvalue weighted by Crippen LogP contribution is -2.46. The lowest BCUT2D eigenvalue weighted by atomic mass is 9.96. The molecule has 5 heteroatoms. The molecule has 2 amide bonds. The molecular weight excluding hydrogens is 256 g/mol. The van der Waals surface area contributed by atoms with E-state index in [4.69, 9.17) is 0 Å². The first-order chi connectivity index (χ1) is 9.54. The number of carbonyl (C=O) groups excluding carboxylic acids is 1. The van der Waals surface area contributed by atoms with Crippen molar-refractivity contribution in [2.24, 2.45) is 0 Å². The Morgan fingerprint density at radius 2 is 2.20 bits per heavy atom. The molecule has 108 valence electrons. The molecule has 5 nitrogen and oxygen atoms in total. The fraction of sp³-hybridized carbons (Fsp3) is 0.467. The Hall–Kier alpha value is -2.04. The van der Waals surface area contributed by atoms with Gasteiger partial charge < -0.3 is 10.4 Å². The van der Waals surface area contributed by atoms with E-state index < -0.39 is 5.97 Å². The van der Waals surface area contributed by atoms with Crippen LogP contribution in [0.2, 0.25) is 0 Å². The number of carboxylic acids is 1. The van der Waals surface area contributed by atoms with E-state index in [1.54, 1.807) is 17.0 Å². The molecular formula is C15H20N2O3. The Balaban J connectivity index is 2.31. The van der Waals surface area contributed by atoms with Crippen molar-refractivity contribution in [3.05, 3.63) is 29.3 Å². The van der Waals surface area contributed by atoms with Crippen LogP contribution in [0.1, 0.15) is 42.6 Å². The van der Waals surface area contributed by atoms with Crippen LogP contribution in [-0.2, 0) is 6.42 Å². The number of nitrogens with one attached hydrogen (secondary N) is 1. The first-order valence-corrected chi connectivity index (χ1v) is 6.97. The van der Waals surface area contributed by atoms with Crippen LogP contribution in [0.4, 0.5) is 10.5 Å². The standard InChI is InChI=1S/C15H20N2O3/c1-3-10(2)16-15(20)17-9-5-7-11-12(14(18)19)6-4-8-13(11)17/h4,6,8,10H,3,5,7,9H2,1-2H3,(H,16,20)(H,18,19). The van der Waals surface area contributed by atoms with Gasteiger partial charge in [-0.25, -0.2) is 9.59 Å². The van der Waals surface area contributed by atoms with E-state index in [0.717, 1.165) is 24.1 Å². The van der Waals surface area contributed by atoms with Gasteiger partial charge in [-0.1, -0.05) is 13.0 Å². The number of carboxylic acid groups (broad SMARTS) is 1. The Morgan fingerprint density at radius 1 is 1.45 bits per heavy atom. The highest BCUT2D eigenvalue weighted by Crippen LogP contribution is 2.30. The van der Waals surface area contributed by atoms with Gasteiger partial charge in [0.15, 0.2) is 0 Å². The van der Waals surface area contributed by atoms with Crippen LogP contribution in [0.3, 0.4) is 0 Å². The molecule has 2 rings (SSSR count). The van der Waals surface area contributed by atoms with Crippen molar-refractivity contribution in [2.45, 2.75) is 39.2 Å². The Bertz CT molecular complexity index is 528. The van der Waals surface area contributed by atoms with E-state index in [0.29, 0.717) is 18.5 Å². The second kappa shape index (κ2) is 5.94. The lowest BCUT2D eigenvalue weighted by Gasteiger charge is -2.31. The maximum atomic E-state index is 12.3. The van der Waals surface area contributed by atoms with Gasteiger partial charge in [0.05, 0.1) is 5.56 Å².